The maximum absolute atomic E-state index is 13.6. The molecule has 20 heavy (non-hydrogen) atoms. The third-order valence-electron chi connectivity index (χ3n) is 2.74. The number of hydrogen-bond acceptors (Lipinski definition) is 4. The van der Waals surface area contributed by atoms with Crippen LogP contribution in [0.2, 0.25) is 0 Å². The van der Waals surface area contributed by atoms with Crippen LogP contribution >= 0.6 is 0 Å². The summed E-state index contributed by atoms with van der Waals surface area (Å²) in [4.78, 5) is 0.140. The molecule has 2 rings (SSSR count). The molecule has 2 N–H and O–H groups in total. The molecule has 0 unspecified atom stereocenters. The minimum absolute atomic E-state index is 0.00618. The van der Waals surface area contributed by atoms with E-state index in [1.165, 1.54) is 24.3 Å². The maximum Gasteiger partial charge on any atom is 0.175 e. The van der Waals surface area contributed by atoms with E-state index in [4.69, 9.17) is 10.5 Å². The summed E-state index contributed by atoms with van der Waals surface area (Å²) in [5.41, 5.74) is 5.74. The van der Waals surface area contributed by atoms with Crippen LogP contribution in [0, 0.1) is 5.82 Å². The molecule has 0 spiro atoms. The van der Waals surface area contributed by atoms with E-state index in [1.54, 1.807) is 18.2 Å². The van der Waals surface area contributed by atoms with Gasteiger partial charge in [0.05, 0.1) is 4.90 Å². The van der Waals surface area contributed by atoms with Gasteiger partial charge in [-0.2, -0.15) is 0 Å². The molecule has 0 aliphatic carbocycles. The normalized spacial score (nSPS) is 11.3. The number of rotatable bonds is 4. The second-order valence-electron chi connectivity index (χ2n) is 4.27. The van der Waals surface area contributed by atoms with E-state index < -0.39 is 15.7 Å². The van der Waals surface area contributed by atoms with Crippen LogP contribution in [0.15, 0.2) is 47.4 Å². The fourth-order valence-electron chi connectivity index (χ4n) is 1.73. The van der Waals surface area contributed by atoms with Crippen LogP contribution < -0.4 is 10.5 Å². The summed E-state index contributed by atoms with van der Waals surface area (Å²) in [6.45, 7) is -0.00618. The van der Waals surface area contributed by atoms with E-state index in [1.807, 2.05) is 0 Å². The molecule has 106 valence electrons. The third kappa shape index (κ3) is 3.15. The fourth-order valence-corrected chi connectivity index (χ4v) is 2.38. The highest BCUT2D eigenvalue weighted by Gasteiger charge is 2.11. The van der Waals surface area contributed by atoms with Gasteiger partial charge in [0.25, 0.3) is 0 Å². The lowest BCUT2D eigenvalue weighted by Crippen LogP contribution is -2.03. The Morgan fingerprint density at radius 1 is 1.20 bits per heavy atom. The predicted molar refractivity (Wildman–Crippen MR) is 73.9 cm³/mol. The summed E-state index contributed by atoms with van der Waals surface area (Å²) in [7, 11) is -3.32. The van der Waals surface area contributed by atoms with Crippen molar-refractivity contribution in [1.29, 1.82) is 0 Å². The molecule has 0 bridgehead atoms. The lowest BCUT2D eigenvalue weighted by atomic mass is 10.2. The molecule has 2 aromatic carbocycles. The molecule has 6 heteroatoms. The van der Waals surface area contributed by atoms with Gasteiger partial charge in [0, 0.05) is 18.4 Å². The molecule has 0 heterocycles. The number of hydrogen-bond donors (Lipinski definition) is 1. The number of nitrogens with two attached hydrogens (primary N) is 1. The first-order chi connectivity index (χ1) is 9.41. The van der Waals surface area contributed by atoms with Crippen LogP contribution in [0.3, 0.4) is 0 Å². The van der Waals surface area contributed by atoms with E-state index in [9.17, 15) is 12.8 Å². The van der Waals surface area contributed by atoms with Crippen LogP contribution in [0.25, 0.3) is 0 Å². The Balaban J connectivity index is 2.38. The van der Waals surface area contributed by atoms with Crippen molar-refractivity contribution in [3.05, 3.63) is 53.8 Å². The van der Waals surface area contributed by atoms with E-state index >= 15 is 0 Å². The maximum atomic E-state index is 13.6. The Hall–Kier alpha value is -1.92. The zero-order chi connectivity index (χ0) is 14.8. The topological polar surface area (TPSA) is 69.4 Å². The standard InChI is InChI=1S/C14H14FNO3S/c1-20(17,18)11-5-2-4-10(8-11)19-14-7-3-6-13(15)12(14)9-16/h2-8H,9,16H2,1H3. The van der Waals surface area contributed by atoms with Gasteiger partial charge >= 0.3 is 0 Å². The number of ether oxygens (including phenoxy) is 1. The molecule has 0 aromatic heterocycles. The van der Waals surface area contributed by atoms with E-state index in [2.05, 4.69) is 0 Å². The first-order valence-electron chi connectivity index (χ1n) is 5.87. The van der Waals surface area contributed by atoms with Gasteiger partial charge in [-0.1, -0.05) is 12.1 Å². The lowest BCUT2D eigenvalue weighted by molar-refractivity contribution is 0.466. The van der Waals surface area contributed by atoms with Crippen molar-refractivity contribution in [1.82, 2.24) is 0 Å². The minimum Gasteiger partial charge on any atom is -0.457 e. The van der Waals surface area contributed by atoms with Gasteiger partial charge in [0.1, 0.15) is 17.3 Å². The molecule has 0 amide bonds. The van der Waals surface area contributed by atoms with Gasteiger partial charge in [0.2, 0.25) is 0 Å². The van der Waals surface area contributed by atoms with Crippen LogP contribution in [0.1, 0.15) is 5.56 Å². The highest BCUT2D eigenvalue weighted by Crippen LogP contribution is 2.28. The molecule has 0 aliphatic rings. The zero-order valence-corrected chi connectivity index (χ0v) is 11.7. The van der Waals surface area contributed by atoms with Crippen LogP contribution in [-0.2, 0) is 16.4 Å². The van der Waals surface area contributed by atoms with Gasteiger partial charge in [-0.25, -0.2) is 12.8 Å². The predicted octanol–water partition coefficient (Wildman–Crippen LogP) is 2.48. The van der Waals surface area contributed by atoms with Crippen molar-refractivity contribution in [2.24, 2.45) is 5.73 Å². The summed E-state index contributed by atoms with van der Waals surface area (Å²) in [6, 6.07) is 10.4. The average molecular weight is 295 g/mol. The Morgan fingerprint density at radius 2 is 1.90 bits per heavy atom. The average Bonchev–Trinajstić information content (AvgIpc) is 2.38. The van der Waals surface area contributed by atoms with Gasteiger partial charge < -0.3 is 10.5 Å². The van der Waals surface area contributed by atoms with Crippen molar-refractivity contribution in [3.63, 3.8) is 0 Å². The van der Waals surface area contributed by atoms with Gasteiger partial charge in [-0.15, -0.1) is 0 Å². The van der Waals surface area contributed by atoms with Crippen molar-refractivity contribution in [2.45, 2.75) is 11.4 Å². The summed E-state index contributed by atoms with van der Waals surface area (Å²) < 4.78 is 42.1. The largest absolute Gasteiger partial charge is 0.457 e. The Kier molecular flexibility index (Phi) is 4.06. The van der Waals surface area contributed by atoms with E-state index in [0.717, 1.165) is 6.26 Å². The first-order valence-corrected chi connectivity index (χ1v) is 7.76. The summed E-state index contributed by atoms with van der Waals surface area (Å²) in [5, 5.41) is 0. The summed E-state index contributed by atoms with van der Waals surface area (Å²) in [5.74, 6) is 0.135. The third-order valence-corrected chi connectivity index (χ3v) is 3.85. The van der Waals surface area contributed by atoms with Crippen molar-refractivity contribution < 1.29 is 17.5 Å². The monoisotopic (exact) mass is 295 g/mol. The van der Waals surface area contributed by atoms with Crippen LogP contribution in [0.5, 0.6) is 11.5 Å². The molecule has 0 saturated carbocycles. The lowest BCUT2D eigenvalue weighted by Gasteiger charge is -2.11. The Bertz CT molecular complexity index is 729. The molecular weight excluding hydrogens is 281 g/mol. The molecule has 0 saturated heterocycles. The van der Waals surface area contributed by atoms with Crippen molar-refractivity contribution >= 4 is 9.84 Å². The molecule has 0 fully saturated rings. The number of halogens is 1. The Morgan fingerprint density at radius 3 is 2.55 bits per heavy atom. The van der Waals surface area contributed by atoms with Crippen LogP contribution in [0.4, 0.5) is 4.39 Å². The van der Waals surface area contributed by atoms with Crippen molar-refractivity contribution in [3.8, 4) is 11.5 Å². The second kappa shape index (κ2) is 5.60. The van der Waals surface area contributed by atoms with Crippen LogP contribution in [-0.4, -0.2) is 14.7 Å². The molecule has 2 aromatic rings. The number of benzene rings is 2. The second-order valence-corrected chi connectivity index (χ2v) is 6.29. The SMILES string of the molecule is CS(=O)(=O)c1cccc(Oc2cccc(F)c2CN)c1. The summed E-state index contributed by atoms with van der Waals surface area (Å²) >= 11 is 0. The zero-order valence-electron chi connectivity index (χ0n) is 10.8. The van der Waals surface area contributed by atoms with Gasteiger partial charge in [-0.05, 0) is 30.3 Å². The molecular formula is C14H14FNO3S. The van der Waals surface area contributed by atoms with E-state index in [0.29, 0.717) is 5.75 Å². The highest BCUT2D eigenvalue weighted by molar-refractivity contribution is 7.90. The molecule has 0 atom stereocenters. The summed E-state index contributed by atoms with van der Waals surface area (Å²) in [6.07, 6.45) is 1.11. The van der Waals surface area contributed by atoms with Crippen molar-refractivity contribution in [2.75, 3.05) is 6.26 Å². The highest BCUT2D eigenvalue weighted by atomic mass is 32.2. The smallest absolute Gasteiger partial charge is 0.175 e. The molecule has 0 radical (unpaired) electrons. The first kappa shape index (κ1) is 14.5. The van der Waals surface area contributed by atoms with E-state index in [-0.39, 0.29) is 22.8 Å². The fraction of sp³-hybridized carbons (Fsp3) is 0.143. The Labute approximate surface area is 116 Å². The number of sulfone groups is 1. The van der Waals surface area contributed by atoms with Gasteiger partial charge in [0.15, 0.2) is 9.84 Å². The minimum atomic E-state index is -3.32. The quantitative estimate of drug-likeness (QED) is 0.940. The molecule has 4 nitrogen and oxygen atoms in total. The van der Waals surface area contributed by atoms with Gasteiger partial charge in [-0.3, -0.25) is 0 Å². The molecule has 0 aliphatic heterocycles.